The van der Waals surface area contributed by atoms with E-state index in [0.29, 0.717) is 32.8 Å². The molecule has 0 aliphatic carbocycles. The molecule has 1 aliphatic rings. The SMILES string of the molecule is O=C1NC(=O)N(c2ccc(Oc3ccccc3)cc2)C(=S)/C1=C/c1cc(Cl)ccc1Cl. The second-order valence-electron chi connectivity index (χ2n) is 6.53. The highest BCUT2D eigenvalue weighted by molar-refractivity contribution is 7.81. The third-order valence-corrected chi connectivity index (χ3v) is 5.42. The van der Waals surface area contributed by atoms with Gasteiger partial charge in [-0.15, -0.1) is 0 Å². The summed E-state index contributed by atoms with van der Waals surface area (Å²) in [5.41, 5.74) is 1.13. The molecule has 4 rings (SSSR count). The van der Waals surface area contributed by atoms with Gasteiger partial charge in [0.2, 0.25) is 0 Å². The molecule has 1 aliphatic heterocycles. The molecule has 0 aromatic heterocycles. The summed E-state index contributed by atoms with van der Waals surface area (Å²) >= 11 is 17.7. The lowest BCUT2D eigenvalue weighted by Crippen LogP contribution is -2.53. The fraction of sp³-hybridized carbons (Fsp3) is 0. The number of para-hydroxylation sites is 1. The number of amides is 3. The van der Waals surface area contributed by atoms with Gasteiger partial charge in [0.25, 0.3) is 5.91 Å². The maximum absolute atomic E-state index is 12.5. The normalized spacial score (nSPS) is 15.2. The van der Waals surface area contributed by atoms with Crippen LogP contribution in [0.5, 0.6) is 11.5 Å². The van der Waals surface area contributed by atoms with Gasteiger partial charge in [-0.1, -0.05) is 53.6 Å². The minimum absolute atomic E-state index is 0.0570. The molecule has 1 heterocycles. The zero-order valence-electron chi connectivity index (χ0n) is 15.8. The maximum atomic E-state index is 12.5. The molecule has 0 bridgehead atoms. The number of hydrogen-bond donors (Lipinski definition) is 1. The molecule has 1 fully saturated rings. The quantitative estimate of drug-likeness (QED) is 0.362. The standard InChI is InChI=1S/C23H14Cl2N2O3S/c24-15-6-11-20(25)14(12-15)13-19-21(28)26-23(29)27(22(19)31)16-7-9-18(10-8-16)30-17-4-2-1-3-5-17/h1-13H,(H,26,28,29)/b19-13+. The average Bonchev–Trinajstić information content (AvgIpc) is 2.75. The lowest BCUT2D eigenvalue weighted by atomic mass is 10.1. The molecule has 3 amide bonds. The Morgan fingerprint density at radius 1 is 0.903 bits per heavy atom. The highest BCUT2D eigenvalue weighted by Gasteiger charge is 2.33. The smallest absolute Gasteiger partial charge is 0.334 e. The molecule has 3 aromatic carbocycles. The first-order valence-corrected chi connectivity index (χ1v) is 10.3. The Morgan fingerprint density at radius 2 is 1.58 bits per heavy atom. The summed E-state index contributed by atoms with van der Waals surface area (Å²) < 4.78 is 5.77. The van der Waals surface area contributed by atoms with Crippen LogP contribution < -0.4 is 15.0 Å². The summed E-state index contributed by atoms with van der Waals surface area (Å²) in [5, 5.41) is 3.16. The largest absolute Gasteiger partial charge is 0.457 e. The summed E-state index contributed by atoms with van der Waals surface area (Å²) in [4.78, 5) is 26.3. The molecular weight excluding hydrogens is 455 g/mol. The molecule has 1 saturated heterocycles. The molecule has 0 saturated carbocycles. The molecule has 0 atom stereocenters. The van der Waals surface area contributed by atoms with E-state index in [2.05, 4.69) is 5.32 Å². The van der Waals surface area contributed by atoms with Crippen LogP contribution in [-0.4, -0.2) is 16.9 Å². The van der Waals surface area contributed by atoms with E-state index in [1.807, 2.05) is 30.3 Å². The topological polar surface area (TPSA) is 58.6 Å². The van der Waals surface area contributed by atoms with Crippen LogP contribution in [0.2, 0.25) is 10.0 Å². The molecule has 31 heavy (non-hydrogen) atoms. The van der Waals surface area contributed by atoms with Crippen molar-refractivity contribution in [3.63, 3.8) is 0 Å². The molecule has 0 spiro atoms. The van der Waals surface area contributed by atoms with Crippen molar-refractivity contribution < 1.29 is 14.3 Å². The van der Waals surface area contributed by atoms with E-state index in [9.17, 15) is 9.59 Å². The Labute approximate surface area is 193 Å². The molecule has 1 N–H and O–H groups in total. The van der Waals surface area contributed by atoms with Crippen LogP contribution in [0, 0.1) is 0 Å². The Kier molecular flexibility index (Phi) is 6.04. The van der Waals surface area contributed by atoms with Crippen LogP contribution in [0.3, 0.4) is 0 Å². The first kappa shape index (κ1) is 21.1. The number of imide groups is 1. The number of rotatable bonds is 4. The molecule has 3 aromatic rings. The lowest BCUT2D eigenvalue weighted by Gasteiger charge is -2.29. The van der Waals surface area contributed by atoms with Crippen LogP contribution >= 0.6 is 35.4 Å². The van der Waals surface area contributed by atoms with Gasteiger partial charge in [0.05, 0.1) is 11.3 Å². The van der Waals surface area contributed by atoms with Gasteiger partial charge in [0.1, 0.15) is 16.5 Å². The average molecular weight is 469 g/mol. The number of hydrogen-bond acceptors (Lipinski definition) is 4. The molecule has 5 nitrogen and oxygen atoms in total. The van der Waals surface area contributed by atoms with Crippen molar-refractivity contribution in [1.29, 1.82) is 0 Å². The summed E-state index contributed by atoms with van der Waals surface area (Å²) in [6.07, 6.45) is 1.51. The van der Waals surface area contributed by atoms with Crippen LogP contribution in [0.1, 0.15) is 5.56 Å². The Balaban J connectivity index is 1.62. The molecule has 0 unspecified atom stereocenters. The van der Waals surface area contributed by atoms with Gasteiger partial charge in [0.15, 0.2) is 0 Å². The second-order valence-corrected chi connectivity index (χ2v) is 7.76. The third kappa shape index (κ3) is 4.61. The maximum Gasteiger partial charge on any atom is 0.334 e. The van der Waals surface area contributed by atoms with E-state index in [-0.39, 0.29) is 10.6 Å². The summed E-state index contributed by atoms with van der Waals surface area (Å²) in [6.45, 7) is 0. The van der Waals surface area contributed by atoms with Gasteiger partial charge in [-0.25, -0.2) is 4.79 Å². The highest BCUT2D eigenvalue weighted by Crippen LogP contribution is 2.29. The van der Waals surface area contributed by atoms with Crippen molar-refractivity contribution >= 4 is 64.1 Å². The monoisotopic (exact) mass is 468 g/mol. The highest BCUT2D eigenvalue weighted by atomic mass is 35.5. The molecule has 154 valence electrons. The van der Waals surface area contributed by atoms with Gasteiger partial charge in [0, 0.05) is 10.0 Å². The van der Waals surface area contributed by atoms with Crippen LogP contribution in [0.15, 0.2) is 78.4 Å². The fourth-order valence-electron chi connectivity index (χ4n) is 2.96. The predicted molar refractivity (Wildman–Crippen MR) is 126 cm³/mol. The van der Waals surface area contributed by atoms with Gasteiger partial charge in [-0.3, -0.25) is 15.0 Å². The second kappa shape index (κ2) is 8.89. The van der Waals surface area contributed by atoms with Crippen molar-refractivity contribution in [2.24, 2.45) is 0 Å². The number of nitrogens with zero attached hydrogens (tertiary/aromatic N) is 1. The van der Waals surface area contributed by atoms with Crippen molar-refractivity contribution in [3.8, 4) is 11.5 Å². The van der Waals surface area contributed by atoms with Crippen LogP contribution in [-0.2, 0) is 4.79 Å². The number of anilines is 1. The van der Waals surface area contributed by atoms with Crippen LogP contribution in [0.25, 0.3) is 6.08 Å². The number of ether oxygens (including phenoxy) is 1. The number of benzene rings is 3. The van der Waals surface area contributed by atoms with Crippen molar-refractivity contribution in [1.82, 2.24) is 5.32 Å². The van der Waals surface area contributed by atoms with Crippen molar-refractivity contribution in [2.45, 2.75) is 0 Å². The zero-order valence-corrected chi connectivity index (χ0v) is 18.2. The fourth-order valence-corrected chi connectivity index (χ4v) is 3.65. The van der Waals surface area contributed by atoms with Gasteiger partial charge in [-0.2, -0.15) is 0 Å². The number of carbonyl (C=O) groups excluding carboxylic acids is 2. The summed E-state index contributed by atoms with van der Waals surface area (Å²) in [7, 11) is 0. The molecule has 0 radical (unpaired) electrons. The lowest BCUT2D eigenvalue weighted by molar-refractivity contribution is -0.116. The van der Waals surface area contributed by atoms with Crippen molar-refractivity contribution in [2.75, 3.05) is 4.90 Å². The number of nitrogens with one attached hydrogen (secondary N) is 1. The van der Waals surface area contributed by atoms with Gasteiger partial charge >= 0.3 is 6.03 Å². The van der Waals surface area contributed by atoms with E-state index >= 15 is 0 Å². The summed E-state index contributed by atoms with van der Waals surface area (Å²) in [5.74, 6) is 0.679. The molecule has 8 heteroatoms. The van der Waals surface area contributed by atoms with Crippen molar-refractivity contribution in [3.05, 3.63) is 94.0 Å². The first-order valence-electron chi connectivity index (χ1n) is 9.12. The first-order chi connectivity index (χ1) is 14.9. The van der Waals surface area contributed by atoms with E-state index in [0.717, 1.165) is 0 Å². The zero-order chi connectivity index (χ0) is 22.0. The van der Waals surface area contributed by atoms with Gasteiger partial charge < -0.3 is 4.74 Å². The number of halogens is 2. The van der Waals surface area contributed by atoms with E-state index in [4.69, 9.17) is 40.2 Å². The predicted octanol–water partition coefficient (Wildman–Crippen LogP) is 6.25. The third-order valence-electron chi connectivity index (χ3n) is 4.43. The Bertz CT molecular complexity index is 1210. The van der Waals surface area contributed by atoms with E-state index in [1.54, 1.807) is 42.5 Å². The van der Waals surface area contributed by atoms with E-state index in [1.165, 1.54) is 11.0 Å². The van der Waals surface area contributed by atoms with Gasteiger partial charge in [-0.05, 0) is 66.2 Å². The Morgan fingerprint density at radius 3 is 2.29 bits per heavy atom. The van der Waals surface area contributed by atoms with E-state index < -0.39 is 11.9 Å². The summed E-state index contributed by atoms with van der Waals surface area (Å²) in [6, 6.07) is 20.4. The molecular formula is C23H14Cl2N2O3S. The number of carbonyl (C=O) groups is 2. The number of thiocarbonyl (C=S) groups is 1. The minimum Gasteiger partial charge on any atom is -0.457 e. The number of urea groups is 1. The van der Waals surface area contributed by atoms with Crippen LogP contribution in [0.4, 0.5) is 10.5 Å². The minimum atomic E-state index is -0.638. The Hall–Kier alpha value is -3.19.